The number of rotatable bonds is 50. The van der Waals surface area contributed by atoms with Crippen LogP contribution in [0.5, 0.6) is 0 Å². The maximum atomic E-state index is 13.2. The van der Waals surface area contributed by atoms with Crippen molar-refractivity contribution in [2.45, 2.75) is 309 Å². The molecule has 0 aliphatic heterocycles. The maximum absolute atomic E-state index is 13.2. The first-order valence-corrected chi connectivity index (χ1v) is 27.7. The highest BCUT2D eigenvalue weighted by Gasteiger charge is 2.24. The minimum atomic E-state index is -0.787. The van der Waals surface area contributed by atoms with Crippen molar-refractivity contribution in [3.05, 3.63) is 36.5 Å². The highest BCUT2D eigenvalue weighted by atomic mass is 16.5. The van der Waals surface area contributed by atoms with Crippen LogP contribution in [0.4, 0.5) is 0 Å². The number of amides is 1. The number of aliphatic hydroxyl groups excluding tert-OH is 2. The molecule has 6 heteroatoms. The Balaban J connectivity index is 4.53. The summed E-state index contributed by atoms with van der Waals surface area (Å²) in [5, 5.41) is 23.9. The van der Waals surface area contributed by atoms with Gasteiger partial charge < -0.3 is 20.3 Å². The van der Waals surface area contributed by atoms with E-state index in [1.807, 2.05) is 0 Å². The topological polar surface area (TPSA) is 95.9 Å². The first kappa shape index (κ1) is 61.1. The predicted molar refractivity (Wildman–Crippen MR) is 273 cm³/mol. The number of hydrogen-bond donors (Lipinski definition) is 3. The van der Waals surface area contributed by atoms with Gasteiger partial charge >= 0.3 is 5.97 Å². The SMILES string of the molecule is CC/C=C/C/C=C/C/C=C/CCCCCCCCC(=O)OC(CCCCCCCCCCCCCCC)CC(=O)NC(CO)C(O)CCCCCCCCCCCCCCCCC. The average molecular weight is 886 g/mol. The number of carbonyl (C=O) groups excluding carboxylic acids is 2. The van der Waals surface area contributed by atoms with Crippen molar-refractivity contribution in [3.63, 3.8) is 0 Å². The largest absolute Gasteiger partial charge is 0.462 e. The molecule has 1 amide bonds. The molecular formula is C57H107NO5. The van der Waals surface area contributed by atoms with Gasteiger partial charge in [-0.15, -0.1) is 0 Å². The Kier molecular flexibility index (Phi) is 49.5. The molecule has 0 saturated heterocycles. The van der Waals surface area contributed by atoms with Gasteiger partial charge in [0.25, 0.3) is 0 Å². The van der Waals surface area contributed by atoms with Crippen LogP contribution in [-0.2, 0) is 14.3 Å². The molecule has 0 fully saturated rings. The van der Waals surface area contributed by atoms with E-state index in [1.165, 1.54) is 173 Å². The average Bonchev–Trinajstić information content (AvgIpc) is 3.28. The van der Waals surface area contributed by atoms with Gasteiger partial charge in [-0.2, -0.15) is 0 Å². The summed E-state index contributed by atoms with van der Waals surface area (Å²) in [6, 6.07) is -0.701. The number of carbonyl (C=O) groups is 2. The van der Waals surface area contributed by atoms with E-state index in [0.717, 1.165) is 70.6 Å². The zero-order valence-electron chi connectivity index (χ0n) is 42.2. The first-order chi connectivity index (χ1) is 31.0. The Labute approximate surface area is 392 Å². The highest BCUT2D eigenvalue weighted by Crippen LogP contribution is 2.19. The van der Waals surface area contributed by atoms with Crippen LogP contribution in [0.25, 0.3) is 0 Å². The minimum absolute atomic E-state index is 0.0766. The summed E-state index contributed by atoms with van der Waals surface area (Å²) in [7, 11) is 0. The molecule has 3 unspecified atom stereocenters. The Morgan fingerprint density at radius 1 is 0.476 bits per heavy atom. The number of aliphatic hydroxyl groups is 2. The van der Waals surface area contributed by atoms with Crippen molar-refractivity contribution in [2.24, 2.45) is 0 Å². The molecule has 0 aliphatic carbocycles. The van der Waals surface area contributed by atoms with Crippen LogP contribution in [0.3, 0.4) is 0 Å². The van der Waals surface area contributed by atoms with Gasteiger partial charge in [0, 0.05) is 6.42 Å². The summed E-state index contributed by atoms with van der Waals surface area (Å²) in [6.07, 6.45) is 60.6. The summed E-state index contributed by atoms with van der Waals surface area (Å²) < 4.78 is 5.95. The molecule has 3 N–H and O–H groups in total. The van der Waals surface area contributed by atoms with E-state index < -0.39 is 18.2 Å². The predicted octanol–water partition coefficient (Wildman–Crippen LogP) is 16.8. The highest BCUT2D eigenvalue weighted by molar-refractivity contribution is 5.77. The van der Waals surface area contributed by atoms with Crippen LogP contribution in [-0.4, -0.2) is 46.9 Å². The van der Waals surface area contributed by atoms with Crippen molar-refractivity contribution in [1.29, 1.82) is 0 Å². The van der Waals surface area contributed by atoms with Crippen LogP contribution in [0.15, 0.2) is 36.5 Å². The fraction of sp³-hybridized carbons (Fsp3) is 0.860. The summed E-state index contributed by atoms with van der Waals surface area (Å²) >= 11 is 0. The van der Waals surface area contributed by atoms with Crippen LogP contribution < -0.4 is 5.32 Å². The van der Waals surface area contributed by atoms with E-state index >= 15 is 0 Å². The maximum Gasteiger partial charge on any atom is 0.306 e. The zero-order valence-corrected chi connectivity index (χ0v) is 42.2. The Bertz CT molecular complexity index is 1040. The lowest BCUT2D eigenvalue weighted by Gasteiger charge is -2.24. The van der Waals surface area contributed by atoms with Crippen LogP contribution in [0, 0.1) is 0 Å². The van der Waals surface area contributed by atoms with Gasteiger partial charge in [-0.05, 0) is 57.8 Å². The van der Waals surface area contributed by atoms with Crippen molar-refractivity contribution < 1.29 is 24.5 Å². The fourth-order valence-electron chi connectivity index (χ4n) is 8.56. The molecule has 6 nitrogen and oxygen atoms in total. The third kappa shape index (κ3) is 46.4. The summed E-state index contributed by atoms with van der Waals surface area (Å²) in [5.74, 6) is -0.474. The van der Waals surface area contributed by atoms with E-state index in [1.54, 1.807) is 0 Å². The molecule has 63 heavy (non-hydrogen) atoms. The second-order valence-corrected chi connectivity index (χ2v) is 19.0. The van der Waals surface area contributed by atoms with Crippen molar-refractivity contribution in [3.8, 4) is 0 Å². The fourth-order valence-corrected chi connectivity index (χ4v) is 8.56. The van der Waals surface area contributed by atoms with E-state index in [2.05, 4.69) is 62.5 Å². The lowest BCUT2D eigenvalue weighted by molar-refractivity contribution is -0.151. The number of hydrogen-bond acceptors (Lipinski definition) is 5. The number of allylic oxidation sites excluding steroid dienone is 6. The van der Waals surface area contributed by atoms with E-state index in [0.29, 0.717) is 19.3 Å². The molecule has 0 heterocycles. The second kappa shape index (κ2) is 51.1. The van der Waals surface area contributed by atoms with Gasteiger partial charge in [-0.1, -0.05) is 256 Å². The molecular weight excluding hydrogens is 779 g/mol. The van der Waals surface area contributed by atoms with Crippen molar-refractivity contribution >= 4 is 11.9 Å². The van der Waals surface area contributed by atoms with Gasteiger partial charge in [0.15, 0.2) is 0 Å². The van der Waals surface area contributed by atoms with Crippen molar-refractivity contribution in [1.82, 2.24) is 5.32 Å². The normalized spacial score (nSPS) is 13.4. The van der Waals surface area contributed by atoms with Crippen LogP contribution >= 0.6 is 0 Å². The molecule has 370 valence electrons. The smallest absolute Gasteiger partial charge is 0.306 e. The number of esters is 1. The van der Waals surface area contributed by atoms with Gasteiger partial charge in [0.05, 0.1) is 25.2 Å². The Morgan fingerprint density at radius 3 is 1.30 bits per heavy atom. The van der Waals surface area contributed by atoms with Gasteiger partial charge in [0.1, 0.15) is 6.10 Å². The van der Waals surface area contributed by atoms with Gasteiger partial charge in [-0.25, -0.2) is 0 Å². The first-order valence-electron chi connectivity index (χ1n) is 27.7. The van der Waals surface area contributed by atoms with Crippen LogP contribution in [0.1, 0.15) is 290 Å². The van der Waals surface area contributed by atoms with E-state index in [9.17, 15) is 19.8 Å². The molecule has 0 aromatic heterocycles. The third-order valence-electron chi connectivity index (χ3n) is 12.7. The molecule has 0 aromatic carbocycles. The van der Waals surface area contributed by atoms with Crippen LogP contribution in [0.2, 0.25) is 0 Å². The Hall–Kier alpha value is -1.92. The summed E-state index contributed by atoms with van der Waals surface area (Å²) in [5.41, 5.74) is 0. The summed E-state index contributed by atoms with van der Waals surface area (Å²) in [6.45, 7) is 6.40. The standard InChI is InChI=1S/C57H107NO5/c1-4-7-10-13-16-19-22-25-27-29-32-35-38-41-44-47-50-57(62)63-53(48-45-42-39-36-33-30-24-21-18-15-12-9-6-3)51-56(61)58-54(52-59)55(60)49-46-43-40-37-34-31-28-26-23-20-17-14-11-8-5-2/h7,10,16,19,25,27,53-55,59-60H,4-6,8-9,11-15,17-18,20-24,26,28-52H2,1-3H3,(H,58,61)/b10-7+,19-16+,27-25+. The number of ether oxygens (including phenoxy) is 1. The Morgan fingerprint density at radius 2 is 0.857 bits per heavy atom. The molecule has 3 atom stereocenters. The number of nitrogens with one attached hydrogen (secondary N) is 1. The lowest BCUT2D eigenvalue weighted by Crippen LogP contribution is -2.46. The minimum Gasteiger partial charge on any atom is -0.462 e. The molecule has 0 spiro atoms. The van der Waals surface area contributed by atoms with E-state index in [4.69, 9.17) is 4.74 Å². The molecule has 0 saturated carbocycles. The quantitative estimate of drug-likeness (QED) is 0.0321. The third-order valence-corrected chi connectivity index (χ3v) is 12.7. The molecule has 0 rings (SSSR count). The summed E-state index contributed by atoms with van der Waals surface area (Å²) in [4.78, 5) is 26.2. The van der Waals surface area contributed by atoms with Gasteiger partial charge in [0.2, 0.25) is 5.91 Å². The molecule has 0 aromatic rings. The monoisotopic (exact) mass is 886 g/mol. The second-order valence-electron chi connectivity index (χ2n) is 19.0. The zero-order chi connectivity index (χ0) is 45.9. The van der Waals surface area contributed by atoms with E-state index in [-0.39, 0.29) is 24.9 Å². The molecule has 0 aliphatic rings. The van der Waals surface area contributed by atoms with Crippen molar-refractivity contribution in [2.75, 3.05) is 6.61 Å². The van der Waals surface area contributed by atoms with Gasteiger partial charge in [-0.3, -0.25) is 9.59 Å². The molecule has 0 radical (unpaired) electrons. The number of unbranched alkanes of at least 4 members (excludes halogenated alkanes) is 32. The molecule has 0 bridgehead atoms. The lowest BCUT2D eigenvalue weighted by atomic mass is 10.0.